The average Bonchev–Trinajstić information content (AvgIpc) is 2.32. The molecule has 2 aromatic rings. The minimum atomic E-state index is -0.237. The van der Waals surface area contributed by atoms with E-state index in [1.165, 1.54) is 23.9 Å². The molecule has 0 spiro atoms. The minimum absolute atomic E-state index is 0.237. The smallest absolute Gasteiger partial charge is 0.124 e. The second-order valence-corrected chi connectivity index (χ2v) is 5.27. The molecule has 0 aliphatic rings. The molecule has 0 atom stereocenters. The predicted octanol–water partition coefficient (Wildman–Crippen LogP) is 3.74. The van der Waals surface area contributed by atoms with E-state index in [0.717, 1.165) is 15.5 Å². The van der Waals surface area contributed by atoms with E-state index in [9.17, 15) is 4.39 Å². The summed E-state index contributed by atoms with van der Waals surface area (Å²) in [5.74, 6) is -0.237. The van der Waals surface area contributed by atoms with Gasteiger partial charge in [0, 0.05) is 17.6 Å². The molecule has 0 bridgehead atoms. The van der Waals surface area contributed by atoms with E-state index >= 15 is 0 Å². The van der Waals surface area contributed by atoms with Crippen LogP contribution in [0.1, 0.15) is 5.56 Å². The summed E-state index contributed by atoms with van der Waals surface area (Å²) in [6.07, 6.45) is 1.58. The average molecular weight is 283 g/mol. The van der Waals surface area contributed by atoms with Crippen LogP contribution in [0.4, 0.5) is 4.39 Å². The summed E-state index contributed by atoms with van der Waals surface area (Å²) < 4.78 is 13.4. The molecule has 2 rings (SSSR count). The van der Waals surface area contributed by atoms with E-state index < -0.39 is 0 Å². The number of nitrogens with zero attached hydrogens (tertiary/aromatic N) is 1. The predicted molar refractivity (Wildman–Crippen MR) is 72.5 cm³/mol. The first-order valence-corrected chi connectivity index (χ1v) is 6.60. The van der Waals surface area contributed by atoms with E-state index in [0.29, 0.717) is 11.6 Å². The Morgan fingerprint density at radius 1 is 1.33 bits per heavy atom. The molecular formula is C13H12ClFN2S. The van der Waals surface area contributed by atoms with Crippen LogP contribution >= 0.6 is 23.4 Å². The third kappa shape index (κ3) is 3.70. The van der Waals surface area contributed by atoms with E-state index in [1.54, 1.807) is 12.3 Å². The Hall–Kier alpha value is -1.10. The summed E-state index contributed by atoms with van der Waals surface area (Å²) in [5.41, 5.74) is 0.911. The largest absolute Gasteiger partial charge is 0.316 e. The van der Waals surface area contributed by atoms with Crippen LogP contribution in [-0.2, 0) is 6.54 Å². The molecule has 1 aromatic heterocycles. The van der Waals surface area contributed by atoms with Gasteiger partial charge in [0.25, 0.3) is 0 Å². The zero-order chi connectivity index (χ0) is 13.0. The number of benzene rings is 1. The molecule has 0 saturated carbocycles. The maximum Gasteiger partial charge on any atom is 0.124 e. The van der Waals surface area contributed by atoms with Gasteiger partial charge in [-0.05, 0) is 42.9 Å². The topological polar surface area (TPSA) is 24.9 Å². The van der Waals surface area contributed by atoms with Crippen molar-refractivity contribution in [3.63, 3.8) is 0 Å². The summed E-state index contributed by atoms with van der Waals surface area (Å²) in [4.78, 5) is 5.00. The van der Waals surface area contributed by atoms with Gasteiger partial charge in [0.15, 0.2) is 0 Å². The summed E-state index contributed by atoms with van der Waals surface area (Å²) in [6, 6.07) is 8.55. The van der Waals surface area contributed by atoms with Crippen molar-refractivity contribution in [2.45, 2.75) is 16.5 Å². The Morgan fingerprint density at radius 3 is 2.83 bits per heavy atom. The Bertz CT molecular complexity index is 531. The van der Waals surface area contributed by atoms with Crippen molar-refractivity contribution in [1.29, 1.82) is 0 Å². The third-order valence-corrected chi connectivity index (χ3v) is 3.38. The molecule has 0 fully saturated rings. The lowest BCUT2D eigenvalue weighted by atomic mass is 10.2. The second kappa shape index (κ2) is 6.18. The van der Waals surface area contributed by atoms with E-state index in [4.69, 9.17) is 11.6 Å². The maximum absolute atomic E-state index is 13.4. The highest BCUT2D eigenvalue weighted by Crippen LogP contribution is 2.28. The number of hydrogen-bond donors (Lipinski definition) is 1. The van der Waals surface area contributed by atoms with Crippen LogP contribution in [-0.4, -0.2) is 12.0 Å². The molecule has 0 radical (unpaired) electrons. The lowest BCUT2D eigenvalue weighted by Gasteiger charge is -2.05. The fraction of sp³-hybridized carbons (Fsp3) is 0.154. The standard InChI is InChI=1S/C13H12ClFN2S/c1-16-7-9-4-11(15)6-12(5-9)18-13-3-2-10(14)8-17-13/h2-6,8,16H,7H2,1H3. The molecule has 0 saturated heterocycles. The van der Waals surface area contributed by atoms with Crippen molar-refractivity contribution in [3.8, 4) is 0 Å². The molecule has 0 aliphatic heterocycles. The lowest BCUT2D eigenvalue weighted by molar-refractivity contribution is 0.619. The highest BCUT2D eigenvalue weighted by Gasteiger charge is 2.03. The number of rotatable bonds is 4. The molecule has 1 heterocycles. The Labute approximate surface area is 115 Å². The molecule has 0 aliphatic carbocycles. The van der Waals surface area contributed by atoms with Crippen molar-refractivity contribution in [2.24, 2.45) is 0 Å². The summed E-state index contributed by atoms with van der Waals surface area (Å²) in [6.45, 7) is 0.638. The van der Waals surface area contributed by atoms with E-state index in [1.807, 2.05) is 19.2 Å². The lowest BCUT2D eigenvalue weighted by Crippen LogP contribution is -2.05. The molecule has 1 aromatic carbocycles. The fourth-order valence-corrected chi connectivity index (χ4v) is 2.51. The Morgan fingerprint density at radius 2 is 2.17 bits per heavy atom. The van der Waals surface area contributed by atoms with Crippen LogP contribution in [0.2, 0.25) is 5.02 Å². The molecule has 18 heavy (non-hydrogen) atoms. The highest BCUT2D eigenvalue weighted by atomic mass is 35.5. The van der Waals surface area contributed by atoms with Gasteiger partial charge in [-0.2, -0.15) is 0 Å². The quantitative estimate of drug-likeness (QED) is 0.925. The second-order valence-electron chi connectivity index (χ2n) is 3.74. The number of hydrogen-bond acceptors (Lipinski definition) is 3. The minimum Gasteiger partial charge on any atom is -0.316 e. The normalized spacial score (nSPS) is 10.6. The summed E-state index contributed by atoms with van der Waals surface area (Å²) >= 11 is 7.18. The first-order chi connectivity index (χ1) is 8.67. The van der Waals surface area contributed by atoms with Gasteiger partial charge in [-0.3, -0.25) is 0 Å². The monoisotopic (exact) mass is 282 g/mol. The van der Waals surface area contributed by atoms with Crippen LogP contribution in [0, 0.1) is 5.82 Å². The van der Waals surface area contributed by atoms with Gasteiger partial charge >= 0.3 is 0 Å². The van der Waals surface area contributed by atoms with Crippen molar-refractivity contribution in [1.82, 2.24) is 10.3 Å². The van der Waals surface area contributed by atoms with Crippen molar-refractivity contribution >= 4 is 23.4 Å². The molecular weight excluding hydrogens is 271 g/mol. The van der Waals surface area contributed by atoms with Crippen molar-refractivity contribution in [3.05, 3.63) is 52.9 Å². The van der Waals surface area contributed by atoms with Gasteiger partial charge < -0.3 is 5.32 Å². The first kappa shape index (κ1) is 13.3. The van der Waals surface area contributed by atoms with E-state index in [2.05, 4.69) is 10.3 Å². The number of nitrogens with one attached hydrogen (secondary N) is 1. The van der Waals surface area contributed by atoms with Crippen LogP contribution in [0.5, 0.6) is 0 Å². The molecule has 0 amide bonds. The zero-order valence-electron chi connectivity index (χ0n) is 9.78. The number of halogens is 2. The van der Waals surface area contributed by atoms with Gasteiger partial charge in [0.2, 0.25) is 0 Å². The van der Waals surface area contributed by atoms with Crippen LogP contribution in [0.15, 0.2) is 46.5 Å². The van der Waals surface area contributed by atoms with E-state index in [-0.39, 0.29) is 5.82 Å². The van der Waals surface area contributed by atoms with Gasteiger partial charge in [0.05, 0.1) is 5.02 Å². The van der Waals surface area contributed by atoms with Gasteiger partial charge in [-0.25, -0.2) is 9.37 Å². The maximum atomic E-state index is 13.4. The fourth-order valence-electron chi connectivity index (χ4n) is 1.53. The number of aromatic nitrogens is 1. The molecule has 2 nitrogen and oxygen atoms in total. The van der Waals surface area contributed by atoms with Crippen LogP contribution in [0.25, 0.3) is 0 Å². The van der Waals surface area contributed by atoms with Gasteiger partial charge in [-0.1, -0.05) is 23.4 Å². The zero-order valence-corrected chi connectivity index (χ0v) is 11.4. The van der Waals surface area contributed by atoms with Crippen LogP contribution < -0.4 is 5.32 Å². The van der Waals surface area contributed by atoms with Crippen molar-refractivity contribution in [2.75, 3.05) is 7.05 Å². The summed E-state index contributed by atoms with van der Waals surface area (Å²) in [7, 11) is 1.83. The molecule has 94 valence electrons. The third-order valence-electron chi connectivity index (χ3n) is 2.23. The van der Waals surface area contributed by atoms with Crippen LogP contribution in [0.3, 0.4) is 0 Å². The molecule has 5 heteroatoms. The SMILES string of the molecule is CNCc1cc(F)cc(Sc2ccc(Cl)cn2)c1. The Balaban J connectivity index is 2.20. The van der Waals surface area contributed by atoms with Crippen molar-refractivity contribution < 1.29 is 4.39 Å². The first-order valence-electron chi connectivity index (χ1n) is 5.41. The Kier molecular flexibility index (Phi) is 4.58. The molecule has 0 unspecified atom stereocenters. The van der Waals surface area contributed by atoms with Gasteiger partial charge in [0.1, 0.15) is 10.8 Å². The number of pyridine rings is 1. The molecule has 1 N–H and O–H groups in total. The summed E-state index contributed by atoms with van der Waals surface area (Å²) in [5, 5.41) is 4.38. The highest BCUT2D eigenvalue weighted by molar-refractivity contribution is 7.99. The van der Waals surface area contributed by atoms with Gasteiger partial charge in [-0.15, -0.1) is 0 Å².